The van der Waals surface area contributed by atoms with Crippen molar-refractivity contribution in [2.24, 2.45) is 0 Å². The number of carbonyl (C=O) groups excluding carboxylic acids is 1. The third kappa shape index (κ3) is 3.26. The lowest BCUT2D eigenvalue weighted by molar-refractivity contribution is -0.137. The number of carbonyl (C=O) groups is 1. The van der Waals surface area contributed by atoms with Gasteiger partial charge in [-0.25, -0.2) is 0 Å². The Kier molecular flexibility index (Phi) is 5.18. The standard InChI is InChI=1S/C22H23N3O2/c1-3-22(19-11-7-8-12-20(19)26)24-16(2)18(15-23)21(27)25(22)14-13-17-9-5-4-6-10-17/h4-12,24,26H,3,13-14H2,1-2H3. The maximum absolute atomic E-state index is 13.2. The molecule has 0 radical (unpaired) electrons. The Morgan fingerprint density at radius 1 is 1.15 bits per heavy atom. The molecule has 1 atom stereocenters. The molecule has 1 unspecified atom stereocenters. The lowest BCUT2D eigenvalue weighted by Crippen LogP contribution is -2.61. The van der Waals surface area contributed by atoms with Crippen molar-refractivity contribution in [3.05, 3.63) is 77.0 Å². The summed E-state index contributed by atoms with van der Waals surface area (Å²) in [6, 6.07) is 19.0. The molecular weight excluding hydrogens is 338 g/mol. The molecule has 138 valence electrons. The minimum absolute atomic E-state index is 0.113. The Morgan fingerprint density at radius 3 is 2.44 bits per heavy atom. The highest BCUT2D eigenvalue weighted by Gasteiger charge is 2.46. The first-order valence-electron chi connectivity index (χ1n) is 9.07. The molecule has 2 N–H and O–H groups in total. The molecule has 3 rings (SSSR count). The van der Waals surface area contributed by atoms with E-state index in [0.717, 1.165) is 5.56 Å². The molecule has 1 amide bonds. The van der Waals surface area contributed by atoms with E-state index in [1.165, 1.54) is 0 Å². The van der Waals surface area contributed by atoms with Crippen LogP contribution in [0.15, 0.2) is 65.9 Å². The van der Waals surface area contributed by atoms with Crippen LogP contribution in [0.1, 0.15) is 31.4 Å². The molecule has 27 heavy (non-hydrogen) atoms. The van der Waals surface area contributed by atoms with Gasteiger partial charge in [0.25, 0.3) is 5.91 Å². The Morgan fingerprint density at radius 2 is 1.81 bits per heavy atom. The van der Waals surface area contributed by atoms with E-state index in [2.05, 4.69) is 5.32 Å². The Labute approximate surface area is 159 Å². The maximum atomic E-state index is 13.2. The zero-order valence-electron chi connectivity index (χ0n) is 15.6. The lowest BCUT2D eigenvalue weighted by atomic mass is 9.89. The van der Waals surface area contributed by atoms with E-state index in [-0.39, 0.29) is 17.2 Å². The van der Waals surface area contributed by atoms with Crippen LogP contribution in [0.5, 0.6) is 5.75 Å². The number of para-hydroxylation sites is 1. The van der Waals surface area contributed by atoms with Crippen LogP contribution < -0.4 is 5.32 Å². The van der Waals surface area contributed by atoms with E-state index in [9.17, 15) is 15.2 Å². The molecule has 0 fully saturated rings. The normalized spacial score (nSPS) is 19.6. The number of nitrogens with one attached hydrogen (secondary N) is 1. The summed E-state index contributed by atoms with van der Waals surface area (Å²) in [6.45, 7) is 4.12. The smallest absolute Gasteiger partial charge is 0.268 e. The first-order chi connectivity index (χ1) is 13.0. The van der Waals surface area contributed by atoms with Gasteiger partial charge in [0.15, 0.2) is 0 Å². The summed E-state index contributed by atoms with van der Waals surface area (Å²) in [5.74, 6) is -0.188. The number of benzene rings is 2. The maximum Gasteiger partial charge on any atom is 0.268 e. The van der Waals surface area contributed by atoms with Gasteiger partial charge >= 0.3 is 0 Å². The number of rotatable bonds is 5. The van der Waals surface area contributed by atoms with E-state index in [0.29, 0.717) is 30.6 Å². The van der Waals surface area contributed by atoms with Gasteiger partial charge in [0, 0.05) is 17.8 Å². The number of phenolic OH excluding ortho intramolecular Hbond substituents is 1. The number of nitriles is 1. The zero-order valence-corrected chi connectivity index (χ0v) is 15.6. The molecule has 1 aliphatic rings. The molecule has 5 heteroatoms. The van der Waals surface area contributed by atoms with Gasteiger partial charge < -0.3 is 15.3 Å². The summed E-state index contributed by atoms with van der Waals surface area (Å²) < 4.78 is 0. The van der Waals surface area contributed by atoms with Gasteiger partial charge in [0.2, 0.25) is 0 Å². The average Bonchev–Trinajstić information content (AvgIpc) is 2.68. The van der Waals surface area contributed by atoms with Crippen LogP contribution in [0.25, 0.3) is 0 Å². The third-order valence-corrected chi connectivity index (χ3v) is 5.13. The minimum atomic E-state index is -0.901. The van der Waals surface area contributed by atoms with Crippen molar-refractivity contribution < 1.29 is 9.90 Å². The second-order valence-electron chi connectivity index (χ2n) is 6.66. The SMILES string of the molecule is CCC1(c2ccccc2O)NC(C)=C(C#N)C(=O)N1CCc1ccccc1. The van der Waals surface area contributed by atoms with E-state index in [1.807, 2.05) is 55.5 Å². The van der Waals surface area contributed by atoms with E-state index in [1.54, 1.807) is 24.0 Å². The molecular formula is C22H23N3O2. The quantitative estimate of drug-likeness (QED) is 0.855. The Bertz CT molecular complexity index is 915. The highest BCUT2D eigenvalue weighted by Crippen LogP contribution is 2.39. The molecule has 2 aromatic carbocycles. The van der Waals surface area contributed by atoms with Gasteiger partial charge in [0.05, 0.1) is 0 Å². The third-order valence-electron chi connectivity index (χ3n) is 5.13. The fourth-order valence-corrected chi connectivity index (χ4v) is 3.72. The zero-order chi connectivity index (χ0) is 19.4. The number of phenols is 1. The summed E-state index contributed by atoms with van der Waals surface area (Å²) in [5, 5.41) is 23.3. The number of amides is 1. The van der Waals surface area contributed by atoms with E-state index < -0.39 is 5.66 Å². The minimum Gasteiger partial charge on any atom is -0.508 e. The Hall–Kier alpha value is -3.26. The van der Waals surface area contributed by atoms with E-state index >= 15 is 0 Å². The molecule has 1 aliphatic heterocycles. The van der Waals surface area contributed by atoms with Crippen molar-refractivity contribution >= 4 is 5.91 Å². The summed E-state index contributed by atoms with van der Waals surface area (Å²) in [4.78, 5) is 14.9. The summed E-state index contributed by atoms with van der Waals surface area (Å²) >= 11 is 0. The van der Waals surface area contributed by atoms with Gasteiger partial charge in [-0.3, -0.25) is 4.79 Å². The molecule has 0 aliphatic carbocycles. The number of hydrogen-bond acceptors (Lipinski definition) is 4. The van der Waals surface area contributed by atoms with Crippen molar-refractivity contribution in [2.75, 3.05) is 6.54 Å². The highest BCUT2D eigenvalue weighted by atomic mass is 16.3. The molecule has 0 saturated carbocycles. The first-order valence-corrected chi connectivity index (χ1v) is 9.07. The molecule has 0 aromatic heterocycles. The molecule has 0 bridgehead atoms. The summed E-state index contributed by atoms with van der Waals surface area (Å²) in [7, 11) is 0. The monoisotopic (exact) mass is 361 g/mol. The molecule has 0 spiro atoms. The van der Waals surface area contributed by atoms with Crippen molar-refractivity contribution in [3.8, 4) is 11.8 Å². The second-order valence-corrected chi connectivity index (χ2v) is 6.66. The fraction of sp³-hybridized carbons (Fsp3) is 0.273. The summed E-state index contributed by atoms with van der Waals surface area (Å²) in [6.07, 6.45) is 1.20. The van der Waals surface area contributed by atoms with Crippen LogP contribution in [0.4, 0.5) is 0 Å². The van der Waals surface area contributed by atoms with Crippen molar-refractivity contribution in [3.63, 3.8) is 0 Å². The molecule has 1 heterocycles. The van der Waals surface area contributed by atoms with Crippen molar-refractivity contribution in [2.45, 2.75) is 32.4 Å². The van der Waals surface area contributed by atoms with Gasteiger partial charge in [-0.15, -0.1) is 0 Å². The number of hydrogen-bond donors (Lipinski definition) is 2. The largest absolute Gasteiger partial charge is 0.508 e. The molecule has 0 saturated heterocycles. The van der Waals surface area contributed by atoms with E-state index in [4.69, 9.17) is 0 Å². The van der Waals surface area contributed by atoms with Gasteiger partial charge in [-0.05, 0) is 31.4 Å². The summed E-state index contributed by atoms with van der Waals surface area (Å²) in [5.41, 5.74) is 1.48. The Balaban J connectivity index is 2.07. The van der Waals surface area contributed by atoms with Crippen LogP contribution in [-0.4, -0.2) is 22.5 Å². The van der Waals surface area contributed by atoms with Crippen LogP contribution in [0.2, 0.25) is 0 Å². The van der Waals surface area contributed by atoms with Gasteiger partial charge in [-0.1, -0.05) is 55.5 Å². The molecule has 2 aromatic rings. The number of allylic oxidation sites excluding steroid dienone is 1. The predicted octanol–water partition coefficient (Wildman–Crippen LogP) is 3.43. The first kappa shape index (κ1) is 18.5. The number of aromatic hydroxyl groups is 1. The average molecular weight is 361 g/mol. The lowest BCUT2D eigenvalue weighted by Gasteiger charge is -2.48. The second kappa shape index (κ2) is 7.55. The van der Waals surface area contributed by atoms with Crippen molar-refractivity contribution in [1.82, 2.24) is 10.2 Å². The number of nitrogens with zero attached hydrogens (tertiary/aromatic N) is 2. The van der Waals surface area contributed by atoms with Crippen LogP contribution in [0.3, 0.4) is 0 Å². The van der Waals surface area contributed by atoms with Crippen LogP contribution >= 0.6 is 0 Å². The van der Waals surface area contributed by atoms with Gasteiger partial charge in [0.1, 0.15) is 23.1 Å². The van der Waals surface area contributed by atoms with Crippen LogP contribution in [0, 0.1) is 11.3 Å². The predicted molar refractivity (Wildman–Crippen MR) is 103 cm³/mol. The highest BCUT2D eigenvalue weighted by molar-refractivity contribution is 5.99. The van der Waals surface area contributed by atoms with Gasteiger partial charge in [-0.2, -0.15) is 5.26 Å². The fourth-order valence-electron chi connectivity index (χ4n) is 3.72. The van der Waals surface area contributed by atoms with Crippen molar-refractivity contribution in [1.29, 1.82) is 5.26 Å². The topological polar surface area (TPSA) is 76.4 Å². The molecule has 5 nitrogen and oxygen atoms in total. The van der Waals surface area contributed by atoms with Crippen LogP contribution in [-0.2, 0) is 16.9 Å².